The summed E-state index contributed by atoms with van der Waals surface area (Å²) in [7, 11) is 0. The Morgan fingerprint density at radius 2 is 1.24 bits per heavy atom. The summed E-state index contributed by atoms with van der Waals surface area (Å²) in [6.45, 7) is 3.38. The molecule has 0 aliphatic rings. The molecule has 2 aromatic carbocycles. The van der Waals surface area contributed by atoms with Crippen LogP contribution in [0.4, 0.5) is 0 Å². The highest BCUT2D eigenvalue weighted by Crippen LogP contribution is 2.26. The first-order valence-corrected chi connectivity index (χ1v) is 12.6. The maximum atomic E-state index is 12.6. The molecule has 0 atom stereocenters. The third-order valence-corrected chi connectivity index (χ3v) is 5.93. The third-order valence-electron chi connectivity index (χ3n) is 5.93. The minimum absolute atomic E-state index is 0.00246. The number of aromatic carboxylic acids is 2. The smallest absolute Gasteiger partial charge is 0.371 e. The Morgan fingerprint density at radius 1 is 0.780 bits per heavy atom. The van der Waals surface area contributed by atoms with E-state index in [-0.39, 0.29) is 59.0 Å². The number of carboxylic acid groups (broad SMARTS) is 2. The summed E-state index contributed by atoms with van der Waals surface area (Å²) in [5.41, 5.74) is -1.27. The number of carbonyl (C=O) groups is 3. The molecule has 2 aromatic heterocycles. The Bertz CT molecular complexity index is 1610. The standard InChI is InChI=1S/C29H26O12/c1-15(2)9-10-25(32)39-16(13-37-19-5-3-7-21-26(19)17(30)11-23(40-21)28(33)34)14-38-20-6-4-8-22-27(20)18(31)12-24(41-22)29(35)36/h3-8,11-12,15-16H,9-10,13-14H2,1-2H3,(H,33,34)(H,35,36). The Hall–Kier alpha value is -5.13. The van der Waals surface area contributed by atoms with Crippen LogP contribution in [0.25, 0.3) is 21.9 Å². The lowest BCUT2D eigenvalue weighted by atomic mass is 10.1. The lowest BCUT2D eigenvalue weighted by Crippen LogP contribution is -2.31. The lowest BCUT2D eigenvalue weighted by Gasteiger charge is -2.20. The molecule has 4 rings (SSSR count). The SMILES string of the molecule is CC(C)CCC(=O)OC(COc1cccc2oc(C(=O)O)cc(=O)c12)COc1cccc2oc(C(=O)O)cc(=O)c12. The molecule has 0 bridgehead atoms. The van der Waals surface area contributed by atoms with Crippen LogP contribution in [0.15, 0.2) is 67.0 Å². The summed E-state index contributed by atoms with van der Waals surface area (Å²) in [4.78, 5) is 60.3. The van der Waals surface area contributed by atoms with Gasteiger partial charge in [-0.15, -0.1) is 0 Å². The minimum atomic E-state index is -1.40. The quantitative estimate of drug-likeness (QED) is 0.235. The van der Waals surface area contributed by atoms with Gasteiger partial charge in [0.15, 0.2) is 17.0 Å². The Balaban J connectivity index is 1.59. The summed E-state index contributed by atoms with van der Waals surface area (Å²) in [6.07, 6.45) is -0.282. The number of hydrogen-bond donors (Lipinski definition) is 2. The summed E-state index contributed by atoms with van der Waals surface area (Å²) < 4.78 is 27.8. The fourth-order valence-electron chi connectivity index (χ4n) is 3.94. The molecular formula is C29H26O12. The molecule has 12 nitrogen and oxygen atoms in total. The molecule has 0 spiro atoms. The van der Waals surface area contributed by atoms with E-state index in [9.17, 15) is 34.2 Å². The van der Waals surface area contributed by atoms with Gasteiger partial charge in [0.1, 0.15) is 46.7 Å². The van der Waals surface area contributed by atoms with Gasteiger partial charge in [0.2, 0.25) is 11.5 Å². The van der Waals surface area contributed by atoms with Crippen molar-refractivity contribution in [1.82, 2.24) is 0 Å². The predicted molar refractivity (Wildman–Crippen MR) is 144 cm³/mol. The topological polar surface area (TPSA) is 180 Å². The molecule has 0 amide bonds. The first-order chi connectivity index (χ1) is 19.5. The van der Waals surface area contributed by atoms with Gasteiger partial charge >= 0.3 is 17.9 Å². The van der Waals surface area contributed by atoms with Crippen LogP contribution in [-0.4, -0.2) is 47.4 Å². The van der Waals surface area contributed by atoms with Crippen molar-refractivity contribution in [2.45, 2.75) is 32.8 Å². The third kappa shape index (κ3) is 6.90. The van der Waals surface area contributed by atoms with E-state index in [1.54, 1.807) is 0 Å². The van der Waals surface area contributed by atoms with Crippen LogP contribution in [0.1, 0.15) is 47.8 Å². The molecule has 0 radical (unpaired) electrons. The fourth-order valence-corrected chi connectivity index (χ4v) is 3.94. The number of ether oxygens (including phenoxy) is 3. The van der Waals surface area contributed by atoms with Crippen LogP contribution in [0.3, 0.4) is 0 Å². The minimum Gasteiger partial charge on any atom is -0.489 e. The van der Waals surface area contributed by atoms with Crippen molar-refractivity contribution in [2.24, 2.45) is 5.92 Å². The highest BCUT2D eigenvalue weighted by atomic mass is 16.6. The van der Waals surface area contributed by atoms with Gasteiger partial charge < -0.3 is 33.3 Å². The fraction of sp³-hybridized carbons (Fsp3) is 0.276. The number of benzene rings is 2. The Morgan fingerprint density at radius 3 is 1.66 bits per heavy atom. The number of fused-ring (bicyclic) bond motifs is 2. The van der Waals surface area contributed by atoms with Gasteiger partial charge in [-0.1, -0.05) is 26.0 Å². The van der Waals surface area contributed by atoms with Crippen LogP contribution in [0.2, 0.25) is 0 Å². The average molecular weight is 567 g/mol. The number of carbonyl (C=O) groups excluding carboxylic acids is 1. The van der Waals surface area contributed by atoms with Crippen molar-refractivity contribution in [3.8, 4) is 11.5 Å². The molecule has 2 heterocycles. The maximum Gasteiger partial charge on any atom is 0.371 e. The molecular weight excluding hydrogens is 540 g/mol. The molecule has 0 saturated carbocycles. The molecule has 0 unspecified atom stereocenters. The first kappa shape index (κ1) is 28.9. The molecule has 4 aromatic rings. The van der Waals surface area contributed by atoms with Gasteiger partial charge in [-0.05, 0) is 36.6 Å². The predicted octanol–water partition coefficient (Wildman–Crippen LogP) is 4.10. The van der Waals surface area contributed by atoms with Crippen molar-refractivity contribution in [2.75, 3.05) is 13.2 Å². The molecule has 2 N–H and O–H groups in total. The zero-order valence-corrected chi connectivity index (χ0v) is 22.1. The van der Waals surface area contributed by atoms with E-state index in [4.69, 9.17) is 23.0 Å². The molecule has 0 aliphatic carbocycles. The van der Waals surface area contributed by atoms with Crippen molar-refractivity contribution in [3.05, 3.63) is 80.5 Å². The zero-order valence-electron chi connectivity index (χ0n) is 22.1. The lowest BCUT2D eigenvalue weighted by molar-refractivity contribution is -0.152. The van der Waals surface area contributed by atoms with E-state index < -0.39 is 46.4 Å². The second-order valence-electron chi connectivity index (χ2n) is 9.49. The summed E-state index contributed by atoms with van der Waals surface area (Å²) in [6, 6.07) is 10.5. The second kappa shape index (κ2) is 12.4. The number of esters is 1. The highest BCUT2D eigenvalue weighted by molar-refractivity contribution is 5.90. The molecule has 12 heteroatoms. The van der Waals surface area contributed by atoms with Gasteiger partial charge in [-0.2, -0.15) is 0 Å². The second-order valence-corrected chi connectivity index (χ2v) is 9.49. The normalized spacial score (nSPS) is 11.2. The van der Waals surface area contributed by atoms with E-state index in [2.05, 4.69) is 0 Å². The van der Waals surface area contributed by atoms with Crippen molar-refractivity contribution in [1.29, 1.82) is 0 Å². The highest BCUT2D eigenvalue weighted by Gasteiger charge is 2.21. The van der Waals surface area contributed by atoms with Crippen LogP contribution in [0, 0.1) is 5.92 Å². The van der Waals surface area contributed by atoms with Crippen molar-refractivity contribution >= 4 is 39.8 Å². The van der Waals surface area contributed by atoms with Crippen LogP contribution in [0.5, 0.6) is 11.5 Å². The van der Waals surface area contributed by atoms with Crippen molar-refractivity contribution in [3.63, 3.8) is 0 Å². The van der Waals surface area contributed by atoms with Gasteiger partial charge in [0, 0.05) is 18.6 Å². The zero-order chi connectivity index (χ0) is 29.7. The molecule has 0 aliphatic heterocycles. The van der Waals surface area contributed by atoms with Gasteiger partial charge in [0.05, 0.1) is 0 Å². The van der Waals surface area contributed by atoms with Gasteiger partial charge in [-0.3, -0.25) is 14.4 Å². The Kier molecular flexibility index (Phi) is 8.71. The van der Waals surface area contributed by atoms with Gasteiger partial charge in [0.25, 0.3) is 0 Å². The molecule has 214 valence electrons. The summed E-state index contributed by atoms with van der Waals surface area (Å²) in [5, 5.41) is 18.4. The van der Waals surface area contributed by atoms with E-state index in [1.165, 1.54) is 36.4 Å². The number of carboxylic acids is 2. The molecule has 0 saturated heterocycles. The largest absolute Gasteiger partial charge is 0.489 e. The van der Waals surface area contributed by atoms with E-state index in [1.807, 2.05) is 13.8 Å². The van der Waals surface area contributed by atoms with Gasteiger partial charge in [-0.25, -0.2) is 9.59 Å². The molecule has 0 fully saturated rings. The maximum absolute atomic E-state index is 12.6. The van der Waals surface area contributed by atoms with Crippen LogP contribution < -0.4 is 20.3 Å². The summed E-state index contributed by atoms with van der Waals surface area (Å²) >= 11 is 0. The number of rotatable bonds is 12. The number of hydrogen-bond acceptors (Lipinski definition) is 10. The van der Waals surface area contributed by atoms with E-state index in [0.717, 1.165) is 12.1 Å². The van der Waals surface area contributed by atoms with Crippen LogP contribution >= 0.6 is 0 Å². The average Bonchev–Trinajstić information content (AvgIpc) is 2.92. The first-order valence-electron chi connectivity index (χ1n) is 12.6. The molecule has 41 heavy (non-hydrogen) atoms. The monoisotopic (exact) mass is 566 g/mol. The van der Waals surface area contributed by atoms with Crippen LogP contribution in [-0.2, 0) is 9.53 Å². The van der Waals surface area contributed by atoms with E-state index in [0.29, 0.717) is 6.42 Å². The summed E-state index contributed by atoms with van der Waals surface area (Å²) in [5.74, 6) is -3.97. The van der Waals surface area contributed by atoms with E-state index >= 15 is 0 Å². The Labute approximate surface area is 231 Å². The van der Waals surface area contributed by atoms with Crippen molar-refractivity contribution < 1.29 is 47.6 Å².